The molecule has 0 spiro atoms. The first-order valence-electron chi connectivity index (χ1n) is 3.88. The number of ether oxygens (including phenoxy) is 2. The van der Waals surface area contributed by atoms with Crippen LogP contribution in [0.15, 0.2) is 0 Å². The van der Waals surface area contributed by atoms with Crippen LogP contribution in [0.2, 0.25) is 0 Å². The summed E-state index contributed by atoms with van der Waals surface area (Å²) in [5.41, 5.74) is 5.10. The Balaban J connectivity index is 3.84. The van der Waals surface area contributed by atoms with Crippen molar-refractivity contribution in [3.8, 4) is 0 Å². The van der Waals surface area contributed by atoms with E-state index in [0.29, 0.717) is 0 Å². The molecule has 0 aromatic heterocycles. The standard InChI is InChI=1S/C7H11F4NO3/c1-14-5(13)4(12)2-15-3-7(10,11)6(8)9/h4,6H,2-3,12H2,1H3. The van der Waals surface area contributed by atoms with E-state index in [1.165, 1.54) is 0 Å². The van der Waals surface area contributed by atoms with Crippen molar-refractivity contribution in [2.75, 3.05) is 20.3 Å². The van der Waals surface area contributed by atoms with Gasteiger partial charge in [0.05, 0.1) is 13.7 Å². The molecule has 0 aliphatic rings. The quantitative estimate of drug-likeness (QED) is 0.533. The molecule has 0 heterocycles. The molecule has 2 N–H and O–H groups in total. The molecule has 1 atom stereocenters. The Labute approximate surface area is 83.3 Å². The smallest absolute Gasteiger partial charge is 0.330 e. The fourth-order valence-corrected chi connectivity index (χ4v) is 0.604. The highest BCUT2D eigenvalue weighted by molar-refractivity contribution is 5.75. The largest absolute Gasteiger partial charge is 0.468 e. The van der Waals surface area contributed by atoms with Gasteiger partial charge in [0.1, 0.15) is 12.6 Å². The molecule has 0 saturated carbocycles. The summed E-state index contributed by atoms with van der Waals surface area (Å²) in [4.78, 5) is 10.6. The van der Waals surface area contributed by atoms with Crippen LogP contribution in [0.3, 0.4) is 0 Å². The average molecular weight is 233 g/mol. The molecule has 0 aliphatic carbocycles. The molecular weight excluding hydrogens is 222 g/mol. The summed E-state index contributed by atoms with van der Waals surface area (Å²) in [6.45, 7) is -2.09. The van der Waals surface area contributed by atoms with Crippen molar-refractivity contribution in [2.45, 2.75) is 18.4 Å². The van der Waals surface area contributed by atoms with Gasteiger partial charge in [-0.15, -0.1) is 0 Å². The van der Waals surface area contributed by atoms with Gasteiger partial charge in [-0.05, 0) is 0 Å². The molecule has 0 radical (unpaired) electrons. The number of halogens is 4. The Morgan fingerprint density at radius 2 is 2.00 bits per heavy atom. The second kappa shape index (κ2) is 5.86. The molecule has 8 heteroatoms. The second-order valence-electron chi connectivity index (χ2n) is 2.71. The van der Waals surface area contributed by atoms with Crippen LogP contribution in [0.4, 0.5) is 17.6 Å². The Hall–Kier alpha value is -0.890. The Morgan fingerprint density at radius 3 is 2.40 bits per heavy atom. The lowest BCUT2D eigenvalue weighted by atomic mass is 10.3. The van der Waals surface area contributed by atoms with Crippen LogP contribution in [0.1, 0.15) is 0 Å². The van der Waals surface area contributed by atoms with Crippen molar-refractivity contribution in [3.05, 3.63) is 0 Å². The molecule has 1 unspecified atom stereocenters. The van der Waals surface area contributed by atoms with Crippen LogP contribution in [0.25, 0.3) is 0 Å². The van der Waals surface area contributed by atoms with E-state index in [9.17, 15) is 22.4 Å². The van der Waals surface area contributed by atoms with Gasteiger partial charge in [0.2, 0.25) is 0 Å². The maximum absolute atomic E-state index is 12.2. The number of hydrogen-bond donors (Lipinski definition) is 1. The zero-order valence-corrected chi connectivity index (χ0v) is 7.88. The number of alkyl halides is 4. The molecular formula is C7H11F4NO3. The minimum absolute atomic E-state index is 0.602. The highest BCUT2D eigenvalue weighted by atomic mass is 19.3. The third-order valence-corrected chi connectivity index (χ3v) is 1.42. The van der Waals surface area contributed by atoms with Gasteiger partial charge in [-0.25, -0.2) is 8.78 Å². The Morgan fingerprint density at radius 1 is 1.47 bits per heavy atom. The van der Waals surface area contributed by atoms with Crippen LogP contribution < -0.4 is 5.73 Å². The number of nitrogens with two attached hydrogens (primary N) is 1. The maximum Gasteiger partial charge on any atom is 0.330 e. The van der Waals surface area contributed by atoms with Crippen LogP contribution in [-0.4, -0.2) is 44.7 Å². The van der Waals surface area contributed by atoms with Crippen molar-refractivity contribution in [3.63, 3.8) is 0 Å². The van der Waals surface area contributed by atoms with E-state index < -0.39 is 37.6 Å². The zero-order chi connectivity index (χ0) is 12.1. The van der Waals surface area contributed by atoms with E-state index in [2.05, 4.69) is 9.47 Å². The summed E-state index contributed by atoms with van der Waals surface area (Å²) >= 11 is 0. The summed E-state index contributed by atoms with van der Waals surface area (Å²) in [5, 5.41) is 0. The van der Waals surface area contributed by atoms with E-state index in [1.807, 2.05) is 0 Å². The van der Waals surface area contributed by atoms with E-state index in [4.69, 9.17) is 5.73 Å². The third-order valence-electron chi connectivity index (χ3n) is 1.42. The minimum atomic E-state index is -4.24. The molecule has 0 aromatic carbocycles. The molecule has 4 nitrogen and oxygen atoms in total. The number of hydrogen-bond acceptors (Lipinski definition) is 4. The first-order valence-corrected chi connectivity index (χ1v) is 3.88. The van der Waals surface area contributed by atoms with Crippen molar-refractivity contribution in [1.29, 1.82) is 0 Å². The summed E-state index contributed by atoms with van der Waals surface area (Å²) in [6.07, 6.45) is -3.81. The van der Waals surface area contributed by atoms with Gasteiger partial charge in [-0.1, -0.05) is 0 Å². The lowest BCUT2D eigenvalue weighted by molar-refractivity contribution is -0.169. The molecule has 0 bridgehead atoms. The highest BCUT2D eigenvalue weighted by Gasteiger charge is 2.41. The SMILES string of the molecule is COC(=O)C(N)COCC(F)(F)C(F)F. The van der Waals surface area contributed by atoms with Gasteiger partial charge in [0, 0.05) is 0 Å². The van der Waals surface area contributed by atoms with Crippen molar-refractivity contribution < 1.29 is 31.8 Å². The summed E-state index contributed by atoms with van der Waals surface area (Å²) in [7, 11) is 1.05. The van der Waals surface area contributed by atoms with E-state index in [-0.39, 0.29) is 0 Å². The number of rotatable bonds is 6. The van der Waals surface area contributed by atoms with Gasteiger partial charge in [-0.2, -0.15) is 8.78 Å². The maximum atomic E-state index is 12.2. The van der Waals surface area contributed by atoms with Gasteiger partial charge in [0.15, 0.2) is 0 Å². The van der Waals surface area contributed by atoms with Gasteiger partial charge in [0.25, 0.3) is 0 Å². The minimum Gasteiger partial charge on any atom is -0.468 e. The molecule has 15 heavy (non-hydrogen) atoms. The van der Waals surface area contributed by atoms with E-state index >= 15 is 0 Å². The highest BCUT2D eigenvalue weighted by Crippen LogP contribution is 2.22. The summed E-state index contributed by atoms with van der Waals surface area (Å²) in [5.74, 6) is -5.11. The van der Waals surface area contributed by atoms with Gasteiger partial charge < -0.3 is 15.2 Å². The van der Waals surface area contributed by atoms with Crippen LogP contribution in [0, 0.1) is 0 Å². The topological polar surface area (TPSA) is 61.5 Å². The predicted molar refractivity (Wildman–Crippen MR) is 41.8 cm³/mol. The molecule has 0 fully saturated rings. The molecule has 0 saturated heterocycles. The molecule has 0 rings (SSSR count). The summed E-state index contributed by atoms with van der Waals surface area (Å²) in [6, 6.07) is -1.26. The van der Waals surface area contributed by atoms with Crippen LogP contribution in [0.5, 0.6) is 0 Å². The number of methoxy groups -OCH3 is 1. The number of esters is 1. The fourth-order valence-electron chi connectivity index (χ4n) is 0.604. The third kappa shape index (κ3) is 4.93. The van der Waals surface area contributed by atoms with E-state index in [0.717, 1.165) is 7.11 Å². The van der Waals surface area contributed by atoms with Crippen molar-refractivity contribution in [2.24, 2.45) is 5.73 Å². The van der Waals surface area contributed by atoms with Crippen molar-refractivity contribution >= 4 is 5.97 Å². The van der Waals surface area contributed by atoms with Crippen LogP contribution in [-0.2, 0) is 14.3 Å². The lowest BCUT2D eigenvalue weighted by Gasteiger charge is -2.16. The second-order valence-corrected chi connectivity index (χ2v) is 2.71. The average Bonchev–Trinajstić information content (AvgIpc) is 2.15. The molecule has 0 aliphatic heterocycles. The summed E-state index contributed by atoms with van der Waals surface area (Å²) < 4.78 is 56.1. The van der Waals surface area contributed by atoms with E-state index in [1.54, 1.807) is 0 Å². The van der Waals surface area contributed by atoms with Gasteiger partial charge in [-0.3, -0.25) is 4.79 Å². The molecule has 0 amide bonds. The van der Waals surface area contributed by atoms with Crippen LogP contribution >= 0.6 is 0 Å². The predicted octanol–water partition coefficient (Wildman–Crippen LogP) is 0.404. The van der Waals surface area contributed by atoms with Crippen molar-refractivity contribution in [1.82, 2.24) is 0 Å². The number of carbonyl (C=O) groups excluding carboxylic acids is 1. The van der Waals surface area contributed by atoms with Gasteiger partial charge >= 0.3 is 18.3 Å². The normalized spacial score (nSPS) is 14.1. The molecule has 0 aromatic rings. The Bertz CT molecular complexity index is 212. The number of carbonyl (C=O) groups is 1. The molecule has 90 valence electrons. The Kier molecular flexibility index (Phi) is 5.51. The first-order chi connectivity index (χ1) is 6.81. The zero-order valence-electron chi connectivity index (χ0n) is 7.88. The lowest BCUT2D eigenvalue weighted by Crippen LogP contribution is -2.39. The first kappa shape index (κ1) is 14.1. The fraction of sp³-hybridized carbons (Fsp3) is 0.857. The monoisotopic (exact) mass is 233 g/mol.